The minimum atomic E-state index is -2.03. The first-order valence-corrected chi connectivity index (χ1v) is 12.2. The third kappa shape index (κ3) is 5.65. The van der Waals surface area contributed by atoms with Gasteiger partial charge < -0.3 is 17.0 Å². The fourth-order valence-electron chi connectivity index (χ4n) is 3.72. The Balaban J connectivity index is 0.00000300. The van der Waals surface area contributed by atoms with Gasteiger partial charge in [0.1, 0.15) is 29.3 Å². The number of ketones is 1. The first-order valence-electron chi connectivity index (χ1n) is 10.2. The first-order chi connectivity index (χ1) is 13.7. The molecule has 0 radical (unpaired) electrons. The van der Waals surface area contributed by atoms with Crippen molar-refractivity contribution in [1.82, 2.24) is 0 Å². The van der Waals surface area contributed by atoms with Crippen LogP contribution in [-0.2, 0) is 4.79 Å². The number of carbonyl (C=O) groups is 1. The lowest BCUT2D eigenvalue weighted by atomic mass is 10.0. The van der Waals surface area contributed by atoms with Crippen molar-refractivity contribution in [2.75, 3.05) is 6.16 Å². The van der Waals surface area contributed by atoms with Gasteiger partial charge in [0, 0.05) is 6.42 Å². The minimum absolute atomic E-state index is 0. The molecule has 0 N–H and O–H groups in total. The van der Waals surface area contributed by atoms with Crippen molar-refractivity contribution in [3.63, 3.8) is 0 Å². The van der Waals surface area contributed by atoms with Crippen molar-refractivity contribution in [1.29, 1.82) is 0 Å². The Bertz CT molecular complexity index is 768. The highest BCUT2D eigenvalue weighted by molar-refractivity contribution is 7.96. The van der Waals surface area contributed by atoms with Crippen molar-refractivity contribution in [2.45, 2.75) is 33.1 Å². The summed E-state index contributed by atoms with van der Waals surface area (Å²) >= 11 is 0. The van der Waals surface area contributed by atoms with Crippen LogP contribution in [0.4, 0.5) is 0 Å². The maximum absolute atomic E-state index is 13.2. The number of benzene rings is 3. The topological polar surface area (TPSA) is 17.1 Å². The molecular weight excluding hydrogens is 439 g/mol. The second-order valence-electron chi connectivity index (χ2n) is 7.57. The summed E-state index contributed by atoms with van der Waals surface area (Å²) in [6, 6.07) is 32.0. The molecule has 0 amide bonds. The summed E-state index contributed by atoms with van der Waals surface area (Å²) in [5.41, 5.74) is 0. The first kappa shape index (κ1) is 23.5. The summed E-state index contributed by atoms with van der Waals surface area (Å²) in [6.07, 6.45) is 3.38. The van der Waals surface area contributed by atoms with E-state index in [-0.39, 0.29) is 17.0 Å². The summed E-state index contributed by atoms with van der Waals surface area (Å²) < 4.78 is 0. The molecular formula is C26H30BrOP. The molecule has 0 saturated heterocycles. The molecule has 3 aromatic rings. The highest BCUT2D eigenvalue weighted by Crippen LogP contribution is 2.55. The van der Waals surface area contributed by atoms with E-state index < -0.39 is 7.26 Å². The predicted molar refractivity (Wildman–Crippen MR) is 124 cm³/mol. The fraction of sp³-hybridized carbons (Fsp3) is 0.269. The molecule has 0 heterocycles. The van der Waals surface area contributed by atoms with E-state index >= 15 is 0 Å². The molecule has 0 spiro atoms. The molecule has 0 aliphatic carbocycles. The highest BCUT2D eigenvalue weighted by atomic mass is 79.9. The normalized spacial score (nSPS) is 12.1. The average Bonchev–Trinajstić information content (AvgIpc) is 2.77. The van der Waals surface area contributed by atoms with Crippen molar-refractivity contribution >= 4 is 29.0 Å². The van der Waals surface area contributed by atoms with Crippen LogP contribution in [0, 0.1) is 5.92 Å². The minimum Gasteiger partial charge on any atom is -1.00 e. The van der Waals surface area contributed by atoms with Crippen LogP contribution in [0.3, 0.4) is 0 Å². The number of halogens is 1. The zero-order chi connectivity index (χ0) is 19.8. The van der Waals surface area contributed by atoms with E-state index in [1.807, 2.05) is 0 Å². The summed E-state index contributed by atoms with van der Waals surface area (Å²) in [5.74, 6) is 0.979. The largest absolute Gasteiger partial charge is 1.00 e. The highest BCUT2D eigenvalue weighted by Gasteiger charge is 2.46. The quantitative estimate of drug-likeness (QED) is 0.440. The molecule has 0 saturated carbocycles. The second kappa shape index (κ2) is 11.4. The number of rotatable bonds is 9. The molecule has 0 bridgehead atoms. The lowest BCUT2D eigenvalue weighted by Crippen LogP contribution is -3.00. The van der Waals surface area contributed by atoms with Crippen molar-refractivity contribution < 1.29 is 21.8 Å². The Morgan fingerprint density at radius 1 is 0.759 bits per heavy atom. The molecule has 0 aliphatic rings. The molecule has 1 atom stereocenters. The van der Waals surface area contributed by atoms with Gasteiger partial charge in [0.25, 0.3) is 0 Å². The molecule has 1 nitrogen and oxygen atoms in total. The Hall–Kier alpha value is -1.76. The van der Waals surface area contributed by atoms with Crippen LogP contribution in [0.1, 0.15) is 33.1 Å². The van der Waals surface area contributed by atoms with Gasteiger partial charge in [0.2, 0.25) is 0 Å². The van der Waals surface area contributed by atoms with Gasteiger partial charge in [-0.2, -0.15) is 0 Å². The maximum Gasteiger partial charge on any atom is 0.171 e. The maximum atomic E-state index is 13.2. The Morgan fingerprint density at radius 2 is 1.14 bits per heavy atom. The van der Waals surface area contributed by atoms with E-state index in [1.54, 1.807) is 0 Å². The fourth-order valence-corrected chi connectivity index (χ4v) is 7.90. The van der Waals surface area contributed by atoms with Crippen molar-refractivity contribution in [3.05, 3.63) is 91.0 Å². The third-order valence-corrected chi connectivity index (χ3v) is 9.98. The van der Waals surface area contributed by atoms with E-state index in [9.17, 15) is 4.79 Å². The van der Waals surface area contributed by atoms with Crippen LogP contribution < -0.4 is 32.9 Å². The Morgan fingerprint density at radius 3 is 1.48 bits per heavy atom. The number of Topliss-reactive ketones (excluding diaryl/α,β-unsaturated/α-hetero) is 1. The Kier molecular flexibility index (Phi) is 9.27. The van der Waals surface area contributed by atoms with Crippen LogP contribution >= 0.6 is 7.26 Å². The Labute approximate surface area is 186 Å². The SMILES string of the molecule is CCC(C)CCC(=O)C[P+](c1ccccc1)(c1ccccc1)c1ccccc1.[Br-]. The molecule has 3 aromatic carbocycles. The van der Waals surface area contributed by atoms with Crippen LogP contribution in [0.2, 0.25) is 0 Å². The summed E-state index contributed by atoms with van der Waals surface area (Å²) in [5, 5.41) is 3.85. The van der Waals surface area contributed by atoms with Crippen LogP contribution in [0.15, 0.2) is 91.0 Å². The molecule has 3 rings (SSSR count). The van der Waals surface area contributed by atoms with Crippen LogP contribution in [-0.4, -0.2) is 11.9 Å². The molecule has 1 unspecified atom stereocenters. The van der Waals surface area contributed by atoms with Crippen molar-refractivity contribution in [2.24, 2.45) is 5.92 Å². The van der Waals surface area contributed by atoms with E-state index in [1.165, 1.54) is 15.9 Å². The third-order valence-electron chi connectivity index (χ3n) is 5.62. The zero-order valence-corrected chi connectivity index (χ0v) is 19.8. The second-order valence-corrected chi connectivity index (χ2v) is 11.1. The lowest BCUT2D eigenvalue weighted by molar-refractivity contribution is -0.116. The van der Waals surface area contributed by atoms with E-state index in [2.05, 4.69) is 105 Å². The summed E-state index contributed by atoms with van der Waals surface area (Å²) in [7, 11) is -2.03. The van der Waals surface area contributed by atoms with Gasteiger partial charge in [-0.25, -0.2) is 0 Å². The van der Waals surface area contributed by atoms with Gasteiger partial charge in [-0.15, -0.1) is 0 Å². The van der Waals surface area contributed by atoms with E-state index in [0.717, 1.165) is 12.8 Å². The monoisotopic (exact) mass is 468 g/mol. The van der Waals surface area contributed by atoms with E-state index in [0.29, 0.717) is 24.3 Å². The summed E-state index contributed by atoms with van der Waals surface area (Å²) in [6.45, 7) is 4.44. The number of hydrogen-bond donors (Lipinski definition) is 0. The number of hydrogen-bond acceptors (Lipinski definition) is 1. The smallest absolute Gasteiger partial charge is 0.171 e. The average molecular weight is 469 g/mol. The van der Waals surface area contributed by atoms with Crippen LogP contribution in [0.5, 0.6) is 0 Å². The molecule has 0 aliphatic heterocycles. The van der Waals surface area contributed by atoms with Gasteiger partial charge in [0.05, 0.1) is 0 Å². The van der Waals surface area contributed by atoms with Gasteiger partial charge in [-0.1, -0.05) is 74.9 Å². The van der Waals surface area contributed by atoms with Crippen LogP contribution in [0.25, 0.3) is 0 Å². The molecule has 0 fully saturated rings. The molecule has 3 heteroatoms. The predicted octanol–water partition coefficient (Wildman–Crippen LogP) is 2.38. The lowest BCUT2D eigenvalue weighted by Gasteiger charge is -2.27. The molecule has 29 heavy (non-hydrogen) atoms. The van der Waals surface area contributed by atoms with Gasteiger partial charge >= 0.3 is 0 Å². The molecule has 0 aromatic heterocycles. The zero-order valence-electron chi connectivity index (χ0n) is 17.3. The standard InChI is InChI=1S/C26H30OP.BrH/c1-3-22(2)19-20-23(27)21-28(24-13-7-4-8-14-24,25-15-9-5-10-16-25)26-17-11-6-12-18-26;/h4-18,22H,3,19-21H2,1-2H3;1H/q+1;/p-1. The van der Waals surface area contributed by atoms with Gasteiger partial charge in [-0.05, 0) is 48.7 Å². The summed E-state index contributed by atoms with van der Waals surface area (Å²) in [4.78, 5) is 13.2. The van der Waals surface area contributed by atoms with E-state index in [4.69, 9.17) is 0 Å². The molecule has 152 valence electrons. The number of carbonyl (C=O) groups excluding carboxylic acids is 1. The van der Waals surface area contributed by atoms with Gasteiger partial charge in [-0.3, -0.25) is 4.79 Å². The van der Waals surface area contributed by atoms with Crippen molar-refractivity contribution in [3.8, 4) is 0 Å². The van der Waals surface area contributed by atoms with Gasteiger partial charge in [0.15, 0.2) is 5.78 Å².